The van der Waals surface area contributed by atoms with Crippen LogP contribution < -0.4 is 5.32 Å². The standard InChI is InChI=1S/C28H47NO4/c1-5-6-25(31)29-18-11-13-28(4)22-12-14-27(3)20(17(2)7-10-26(32)33)8-9-21(27)19(22)16-24(30)23(28)15-18/h17-24,30H,5-16H2,1-4H3,(H,29,31)(H,32,33)/t17-,18+,19+,20-,21+,22+,23+,24+,27-,28-/m1/s1. The van der Waals surface area contributed by atoms with E-state index in [2.05, 4.69) is 26.1 Å². The fourth-order valence-electron chi connectivity index (χ4n) is 9.48. The molecule has 4 aliphatic carbocycles. The van der Waals surface area contributed by atoms with Crippen molar-refractivity contribution in [2.24, 2.45) is 46.3 Å². The molecule has 0 aliphatic heterocycles. The van der Waals surface area contributed by atoms with Crippen LogP contribution >= 0.6 is 0 Å². The van der Waals surface area contributed by atoms with Crippen LogP contribution in [0.3, 0.4) is 0 Å². The zero-order chi connectivity index (χ0) is 24.0. The topological polar surface area (TPSA) is 86.6 Å². The predicted molar refractivity (Wildman–Crippen MR) is 129 cm³/mol. The molecule has 0 radical (unpaired) electrons. The first-order valence-corrected chi connectivity index (χ1v) is 13.8. The van der Waals surface area contributed by atoms with E-state index in [0.717, 1.165) is 38.5 Å². The molecule has 3 N–H and O–H groups in total. The lowest BCUT2D eigenvalue weighted by Crippen LogP contribution is -2.59. The van der Waals surface area contributed by atoms with E-state index in [4.69, 9.17) is 5.11 Å². The molecule has 0 bridgehead atoms. The first kappa shape index (κ1) is 25.0. The van der Waals surface area contributed by atoms with Gasteiger partial charge in [0.1, 0.15) is 0 Å². The quantitative estimate of drug-likeness (QED) is 0.474. The molecule has 0 saturated heterocycles. The van der Waals surface area contributed by atoms with Gasteiger partial charge in [0, 0.05) is 18.9 Å². The maximum atomic E-state index is 12.2. The Hall–Kier alpha value is -1.10. The SMILES string of the molecule is CCCC(=O)N[C@H]1CC[C@]2(C)[C@H]3CC[C@]4(C)[C@@H]([C@H](C)CCC(=O)O)CC[C@H]4[C@@H]3C[C@H](O)[C@@H]2C1. The van der Waals surface area contributed by atoms with Crippen molar-refractivity contribution in [2.75, 3.05) is 0 Å². The maximum Gasteiger partial charge on any atom is 0.303 e. The number of carbonyl (C=O) groups excluding carboxylic acids is 1. The van der Waals surface area contributed by atoms with Crippen molar-refractivity contribution in [3.63, 3.8) is 0 Å². The van der Waals surface area contributed by atoms with Crippen LogP contribution in [0.15, 0.2) is 0 Å². The van der Waals surface area contributed by atoms with E-state index in [-0.39, 0.29) is 41.2 Å². The molecule has 0 aromatic heterocycles. The highest BCUT2D eigenvalue weighted by molar-refractivity contribution is 5.76. The Labute approximate surface area is 200 Å². The summed E-state index contributed by atoms with van der Waals surface area (Å²) in [5.41, 5.74) is 0.454. The number of aliphatic hydroxyl groups is 1. The minimum absolute atomic E-state index is 0.164. The summed E-state index contributed by atoms with van der Waals surface area (Å²) in [6.45, 7) is 9.25. The lowest BCUT2D eigenvalue weighted by Gasteiger charge is -2.62. The lowest BCUT2D eigenvalue weighted by atomic mass is 9.43. The number of amides is 1. The number of aliphatic hydroxyl groups excluding tert-OH is 1. The third-order valence-electron chi connectivity index (χ3n) is 11.1. The molecule has 0 spiro atoms. The van der Waals surface area contributed by atoms with Crippen molar-refractivity contribution < 1.29 is 19.8 Å². The summed E-state index contributed by atoms with van der Waals surface area (Å²) in [6, 6.07) is 0.216. The Balaban J connectivity index is 1.47. The van der Waals surface area contributed by atoms with E-state index in [1.165, 1.54) is 25.7 Å². The van der Waals surface area contributed by atoms with Crippen LogP contribution in [0, 0.1) is 46.3 Å². The Morgan fingerprint density at radius 1 is 0.970 bits per heavy atom. The highest BCUT2D eigenvalue weighted by atomic mass is 16.4. The Morgan fingerprint density at radius 3 is 2.36 bits per heavy atom. The Bertz CT molecular complexity index is 739. The van der Waals surface area contributed by atoms with Crippen molar-refractivity contribution in [2.45, 2.75) is 117 Å². The van der Waals surface area contributed by atoms with Gasteiger partial charge in [-0.3, -0.25) is 9.59 Å². The van der Waals surface area contributed by atoms with Gasteiger partial charge < -0.3 is 15.5 Å². The minimum Gasteiger partial charge on any atom is -0.481 e. The molecule has 1 amide bonds. The molecule has 0 aromatic carbocycles. The molecule has 33 heavy (non-hydrogen) atoms. The van der Waals surface area contributed by atoms with Crippen molar-refractivity contribution >= 4 is 11.9 Å². The zero-order valence-electron chi connectivity index (χ0n) is 21.3. The molecule has 0 heterocycles. The maximum absolute atomic E-state index is 12.2. The molecule has 5 heteroatoms. The van der Waals surface area contributed by atoms with Crippen LogP contribution in [-0.2, 0) is 9.59 Å². The molecular formula is C28H47NO4. The molecule has 4 rings (SSSR count). The molecule has 4 fully saturated rings. The largest absolute Gasteiger partial charge is 0.481 e. The van der Waals surface area contributed by atoms with Gasteiger partial charge in [0.2, 0.25) is 5.91 Å². The normalized spacial score (nSPS) is 45.4. The molecule has 4 saturated carbocycles. The van der Waals surface area contributed by atoms with Gasteiger partial charge in [0.15, 0.2) is 0 Å². The van der Waals surface area contributed by atoms with Crippen LogP contribution in [0.4, 0.5) is 0 Å². The monoisotopic (exact) mass is 461 g/mol. The summed E-state index contributed by atoms with van der Waals surface area (Å²) in [6.07, 6.45) is 11.2. The highest BCUT2D eigenvalue weighted by Gasteiger charge is 2.62. The zero-order valence-corrected chi connectivity index (χ0v) is 21.3. The molecular weight excluding hydrogens is 414 g/mol. The molecule has 188 valence electrons. The second-order valence-electron chi connectivity index (χ2n) is 12.7. The van der Waals surface area contributed by atoms with Crippen LogP contribution in [0.25, 0.3) is 0 Å². The summed E-state index contributed by atoms with van der Waals surface area (Å²) in [4.78, 5) is 23.3. The fraction of sp³-hybridized carbons (Fsp3) is 0.929. The summed E-state index contributed by atoms with van der Waals surface area (Å²) >= 11 is 0. The van der Waals surface area contributed by atoms with E-state index in [1.807, 2.05) is 6.92 Å². The first-order chi connectivity index (χ1) is 15.6. The second kappa shape index (κ2) is 9.51. The average Bonchev–Trinajstić information content (AvgIpc) is 3.10. The minimum atomic E-state index is -0.680. The average molecular weight is 462 g/mol. The van der Waals surface area contributed by atoms with E-state index in [0.29, 0.717) is 36.0 Å². The first-order valence-electron chi connectivity index (χ1n) is 13.8. The third kappa shape index (κ3) is 4.48. The number of aliphatic carboxylic acids is 1. The number of hydrogen-bond acceptors (Lipinski definition) is 3. The van der Waals surface area contributed by atoms with E-state index < -0.39 is 5.97 Å². The van der Waals surface area contributed by atoms with Gasteiger partial charge in [-0.2, -0.15) is 0 Å². The Morgan fingerprint density at radius 2 is 1.67 bits per heavy atom. The van der Waals surface area contributed by atoms with Gasteiger partial charge in [-0.25, -0.2) is 0 Å². The summed E-state index contributed by atoms with van der Waals surface area (Å²) in [7, 11) is 0. The molecule has 4 aliphatic rings. The summed E-state index contributed by atoms with van der Waals surface area (Å²) in [5, 5.41) is 23.8. The number of carbonyl (C=O) groups is 2. The predicted octanol–water partition coefficient (Wildman–Crippen LogP) is 5.40. The van der Waals surface area contributed by atoms with Crippen molar-refractivity contribution in [3.05, 3.63) is 0 Å². The van der Waals surface area contributed by atoms with Gasteiger partial charge >= 0.3 is 5.97 Å². The number of nitrogens with one attached hydrogen (secondary N) is 1. The summed E-state index contributed by atoms with van der Waals surface area (Å²) < 4.78 is 0. The lowest BCUT2D eigenvalue weighted by molar-refractivity contribution is -0.163. The van der Waals surface area contributed by atoms with E-state index >= 15 is 0 Å². The van der Waals surface area contributed by atoms with E-state index in [1.54, 1.807) is 0 Å². The third-order valence-corrected chi connectivity index (χ3v) is 11.1. The molecule has 0 unspecified atom stereocenters. The number of fused-ring (bicyclic) bond motifs is 5. The number of rotatable bonds is 7. The second-order valence-corrected chi connectivity index (χ2v) is 12.7. The van der Waals surface area contributed by atoms with Gasteiger partial charge in [-0.05, 0) is 111 Å². The molecule has 5 nitrogen and oxygen atoms in total. The van der Waals surface area contributed by atoms with Gasteiger partial charge in [0.05, 0.1) is 6.10 Å². The number of carboxylic acids is 1. The van der Waals surface area contributed by atoms with Crippen molar-refractivity contribution in [3.8, 4) is 0 Å². The van der Waals surface area contributed by atoms with E-state index in [9.17, 15) is 14.7 Å². The van der Waals surface area contributed by atoms with Crippen LogP contribution in [0.2, 0.25) is 0 Å². The summed E-state index contributed by atoms with van der Waals surface area (Å²) in [5.74, 6) is 2.74. The van der Waals surface area contributed by atoms with Gasteiger partial charge in [0.25, 0.3) is 0 Å². The van der Waals surface area contributed by atoms with Gasteiger partial charge in [-0.1, -0.05) is 27.7 Å². The Kier molecular flexibility index (Phi) is 7.21. The highest BCUT2D eigenvalue weighted by Crippen LogP contribution is 2.68. The van der Waals surface area contributed by atoms with Crippen molar-refractivity contribution in [1.82, 2.24) is 5.32 Å². The smallest absolute Gasteiger partial charge is 0.303 e. The van der Waals surface area contributed by atoms with Gasteiger partial charge in [-0.15, -0.1) is 0 Å². The van der Waals surface area contributed by atoms with Crippen LogP contribution in [0.5, 0.6) is 0 Å². The van der Waals surface area contributed by atoms with Crippen LogP contribution in [-0.4, -0.2) is 34.2 Å². The fourth-order valence-corrected chi connectivity index (χ4v) is 9.48. The van der Waals surface area contributed by atoms with Crippen molar-refractivity contribution in [1.29, 1.82) is 0 Å². The van der Waals surface area contributed by atoms with Crippen LogP contribution in [0.1, 0.15) is 105 Å². The molecule has 10 atom stereocenters. The number of carboxylic acid groups (broad SMARTS) is 1. The molecule has 0 aromatic rings. The number of hydrogen-bond donors (Lipinski definition) is 3.